The molecule has 1 aliphatic carbocycles. The molecule has 19 heteroatoms. The molecule has 4 aromatic rings. The molecule has 6 N–H and O–H groups in total. The lowest BCUT2D eigenvalue weighted by atomic mass is 9.93. The van der Waals surface area contributed by atoms with Crippen LogP contribution in [0.3, 0.4) is 0 Å². The van der Waals surface area contributed by atoms with Crippen molar-refractivity contribution in [3.05, 3.63) is 99.4 Å². The van der Waals surface area contributed by atoms with Crippen LogP contribution in [0.2, 0.25) is 0 Å². The quantitative estimate of drug-likeness (QED) is 0.0414. The van der Waals surface area contributed by atoms with E-state index >= 15 is 0 Å². The van der Waals surface area contributed by atoms with Crippen molar-refractivity contribution < 1.29 is 52.9 Å². The van der Waals surface area contributed by atoms with Crippen molar-refractivity contribution >= 4 is 81.6 Å². The molecule has 2 aliphatic rings. The summed E-state index contributed by atoms with van der Waals surface area (Å²) in [5, 5.41) is 8.59. The minimum Gasteiger partial charge on any atom is -0.456 e. The number of carbonyl (C=O) groups is 2. The van der Waals surface area contributed by atoms with Gasteiger partial charge < -0.3 is 20.4 Å². The standard InChI is InChI=1S/C49H56N4O12S3/c1-11-25(3)17-43(54)52-48-29(7)19-27(5)46(31(48)9)50-36-23-38-34(21-41(36)67(59,60)61)45(33-15-13-14-16-40(33)66(56,57)58)35-22-42(68(62,63)64)37(24-39(35)65-38)51-47-28(6)20-30(8)49(32(47)10)53-44(55)18-26(4)12-2/h13-16,19-26,50H,11-12,17-18H2,1-10H3,(H,52,54)(H,53,55)(H,56,57,58)(H,59,60,61)(H,62,63,64)/b51-37+. The van der Waals surface area contributed by atoms with Gasteiger partial charge in [-0.3, -0.25) is 23.2 Å². The maximum atomic E-state index is 13.4. The molecule has 1 aliphatic heterocycles. The summed E-state index contributed by atoms with van der Waals surface area (Å²) in [4.78, 5) is 28.8. The van der Waals surface area contributed by atoms with Crippen LogP contribution in [0.1, 0.15) is 86.8 Å². The van der Waals surface area contributed by atoms with E-state index in [9.17, 15) is 48.5 Å². The second-order valence-corrected chi connectivity index (χ2v) is 21.7. The van der Waals surface area contributed by atoms with E-state index in [1.54, 1.807) is 39.8 Å². The van der Waals surface area contributed by atoms with Gasteiger partial charge in [-0.05, 0) is 105 Å². The zero-order valence-electron chi connectivity index (χ0n) is 39.4. The predicted molar refractivity (Wildman–Crippen MR) is 263 cm³/mol. The summed E-state index contributed by atoms with van der Waals surface area (Å²) in [6.45, 7) is 18.4. The first kappa shape index (κ1) is 51.4. The Morgan fingerprint density at radius 2 is 1.13 bits per heavy atom. The Hall–Kier alpha value is -5.96. The molecule has 0 aromatic heterocycles. The summed E-state index contributed by atoms with van der Waals surface area (Å²) in [6, 6.07) is 13.2. The van der Waals surface area contributed by atoms with E-state index in [0.717, 1.165) is 42.2 Å². The highest BCUT2D eigenvalue weighted by Crippen LogP contribution is 2.46. The van der Waals surface area contributed by atoms with Crippen LogP contribution in [0.15, 0.2) is 84.8 Å². The molecule has 2 atom stereocenters. The average molecular weight is 989 g/mol. The fourth-order valence-electron chi connectivity index (χ4n) is 8.39. The number of aryl methyl sites for hydroxylation is 4. The van der Waals surface area contributed by atoms with E-state index < -0.39 is 45.0 Å². The number of carbonyl (C=O) groups excluding carboxylic acids is 2. The first-order valence-electron chi connectivity index (χ1n) is 21.9. The van der Waals surface area contributed by atoms with Crippen LogP contribution in [0.4, 0.5) is 28.4 Å². The molecule has 1 heterocycles. The van der Waals surface area contributed by atoms with Crippen LogP contribution in [0.25, 0.3) is 33.4 Å². The zero-order chi connectivity index (χ0) is 50.4. The van der Waals surface area contributed by atoms with Gasteiger partial charge in [-0.1, -0.05) is 70.9 Å². The molecule has 68 heavy (non-hydrogen) atoms. The molecule has 4 aromatic carbocycles. The van der Waals surface area contributed by atoms with Crippen LogP contribution in [0, 0.1) is 53.4 Å². The Morgan fingerprint density at radius 3 is 1.68 bits per heavy atom. The monoisotopic (exact) mass is 988 g/mol. The van der Waals surface area contributed by atoms with Crippen LogP contribution >= 0.6 is 0 Å². The van der Waals surface area contributed by atoms with Gasteiger partial charge in [0.1, 0.15) is 26.0 Å². The fraction of sp³-hybridized carbons (Fsp3) is 0.327. The van der Waals surface area contributed by atoms with Gasteiger partial charge in [-0.2, -0.15) is 25.3 Å². The van der Waals surface area contributed by atoms with Crippen LogP contribution < -0.4 is 21.3 Å². The maximum Gasteiger partial charge on any atom is 0.296 e. The Labute approximate surface area is 396 Å². The van der Waals surface area contributed by atoms with E-state index in [-0.39, 0.29) is 86.6 Å². The number of hydrogen-bond acceptors (Lipinski definition) is 11. The molecule has 0 saturated heterocycles. The summed E-state index contributed by atoms with van der Waals surface area (Å²) in [7, 11) is -15.3. The third kappa shape index (κ3) is 10.8. The Bertz CT molecular complexity index is 3420. The van der Waals surface area contributed by atoms with Crippen molar-refractivity contribution in [2.75, 3.05) is 16.0 Å². The molecule has 6 rings (SSSR count). The number of anilines is 4. The molecular weight excluding hydrogens is 933 g/mol. The molecule has 16 nitrogen and oxygen atoms in total. The summed E-state index contributed by atoms with van der Waals surface area (Å²) in [5.74, 6) is -0.338. The summed E-state index contributed by atoms with van der Waals surface area (Å²) >= 11 is 0. The van der Waals surface area contributed by atoms with Crippen LogP contribution in [-0.2, 0) is 39.9 Å². The van der Waals surface area contributed by atoms with Crippen molar-refractivity contribution in [2.24, 2.45) is 16.8 Å². The maximum absolute atomic E-state index is 13.4. The van der Waals surface area contributed by atoms with E-state index in [4.69, 9.17) is 9.41 Å². The van der Waals surface area contributed by atoms with Gasteiger partial charge in [-0.15, -0.1) is 0 Å². The second-order valence-electron chi connectivity index (χ2n) is 17.6. The van der Waals surface area contributed by atoms with Crippen molar-refractivity contribution in [1.29, 1.82) is 0 Å². The molecule has 0 saturated carbocycles. The topological polar surface area (TPSA) is 259 Å². The number of benzene rings is 5. The third-order valence-corrected chi connectivity index (χ3v) is 15.0. The molecule has 362 valence electrons. The number of nitrogens with zero attached hydrogens (tertiary/aromatic N) is 1. The number of fused-ring (bicyclic) bond motifs is 2. The summed E-state index contributed by atoms with van der Waals surface area (Å²) in [6.07, 6.45) is 2.11. The van der Waals surface area contributed by atoms with E-state index in [1.807, 2.05) is 41.5 Å². The lowest BCUT2D eigenvalue weighted by Gasteiger charge is -2.22. The van der Waals surface area contributed by atoms with Gasteiger partial charge in [0, 0.05) is 64.1 Å². The first-order valence-corrected chi connectivity index (χ1v) is 26.2. The summed E-state index contributed by atoms with van der Waals surface area (Å²) < 4.78 is 118. The number of nitrogens with one attached hydrogen (secondary N) is 3. The number of rotatable bonds is 15. The Kier molecular flexibility index (Phi) is 14.8. The van der Waals surface area contributed by atoms with E-state index in [1.165, 1.54) is 30.3 Å². The second kappa shape index (κ2) is 19.6. The van der Waals surface area contributed by atoms with Crippen molar-refractivity contribution in [1.82, 2.24) is 0 Å². The van der Waals surface area contributed by atoms with Gasteiger partial charge >= 0.3 is 0 Å². The van der Waals surface area contributed by atoms with Gasteiger partial charge in [0.15, 0.2) is 0 Å². The van der Waals surface area contributed by atoms with Gasteiger partial charge in [0.2, 0.25) is 11.8 Å². The fourth-order valence-corrected chi connectivity index (χ4v) is 10.4. The SMILES string of the molecule is CCC(C)CC(=O)Nc1c(C)cc(C)c(/N=c2\cc3oc4cc(Nc5c(C)cc(C)c(NC(=O)CC(C)CC)c5C)c(S(=O)(=O)O)cc4c(-c4ccccc4S(=O)(=O)O)c-3cc2S(=O)(=O)O)c1C. The van der Waals surface area contributed by atoms with Crippen LogP contribution in [-0.4, -0.2) is 50.7 Å². The van der Waals surface area contributed by atoms with E-state index in [2.05, 4.69) is 16.0 Å². The third-order valence-electron chi connectivity index (χ3n) is 12.3. The highest BCUT2D eigenvalue weighted by molar-refractivity contribution is 7.86. The minimum absolute atomic E-state index is 0.114. The van der Waals surface area contributed by atoms with Crippen molar-refractivity contribution in [3.8, 4) is 22.5 Å². The van der Waals surface area contributed by atoms with E-state index in [0.29, 0.717) is 39.3 Å². The number of amides is 2. The average Bonchev–Trinajstić information content (AvgIpc) is 3.24. The molecule has 2 amide bonds. The summed E-state index contributed by atoms with van der Waals surface area (Å²) in [5.41, 5.74) is 4.48. The smallest absolute Gasteiger partial charge is 0.296 e. The van der Waals surface area contributed by atoms with Crippen molar-refractivity contribution in [2.45, 2.75) is 110 Å². The molecule has 0 bridgehead atoms. The lowest BCUT2D eigenvalue weighted by Crippen LogP contribution is -2.18. The molecule has 0 radical (unpaired) electrons. The largest absolute Gasteiger partial charge is 0.456 e. The van der Waals surface area contributed by atoms with Crippen LogP contribution in [0.5, 0.6) is 0 Å². The molecular formula is C49H56N4O12S3. The Balaban J connectivity index is 1.71. The lowest BCUT2D eigenvalue weighted by molar-refractivity contribution is -0.117. The molecule has 0 fully saturated rings. The highest BCUT2D eigenvalue weighted by Gasteiger charge is 2.30. The zero-order valence-corrected chi connectivity index (χ0v) is 41.9. The Morgan fingerprint density at radius 1 is 0.618 bits per heavy atom. The molecule has 2 unspecified atom stereocenters. The van der Waals surface area contributed by atoms with Gasteiger partial charge in [0.05, 0.1) is 16.7 Å². The van der Waals surface area contributed by atoms with Crippen molar-refractivity contribution in [3.63, 3.8) is 0 Å². The molecule has 0 spiro atoms. The number of hydrogen-bond donors (Lipinski definition) is 6. The highest BCUT2D eigenvalue weighted by atomic mass is 32.2. The predicted octanol–water partition coefficient (Wildman–Crippen LogP) is 10.5. The van der Waals surface area contributed by atoms with Gasteiger partial charge in [-0.25, -0.2) is 4.99 Å². The first-order chi connectivity index (χ1) is 31.6. The minimum atomic E-state index is -5.16. The van der Waals surface area contributed by atoms with Gasteiger partial charge in [0.25, 0.3) is 30.4 Å². The normalized spacial score (nSPS) is 13.5.